The molecule has 0 aromatic heterocycles. The van der Waals surface area contributed by atoms with Crippen LogP contribution in [0.2, 0.25) is 5.02 Å². The Morgan fingerprint density at radius 1 is 1.10 bits per heavy atom. The Balaban J connectivity index is 2.33. The largest absolute Gasteiger partial charge is 0.398 e. The Hall–Kier alpha value is -1.80. The monoisotopic (exact) mass is 287 g/mol. The molecule has 0 saturated heterocycles. The molecule has 2 aromatic rings. The quantitative estimate of drug-likeness (QED) is 0.676. The van der Waals surface area contributed by atoms with Crippen molar-refractivity contribution in [1.82, 2.24) is 0 Å². The van der Waals surface area contributed by atoms with Crippen LogP contribution in [0, 0.1) is 20.8 Å². The molecule has 0 bridgehead atoms. The first-order valence-electron chi connectivity index (χ1n) is 6.53. The number of halogens is 1. The molecule has 2 aromatic carbocycles. The van der Waals surface area contributed by atoms with E-state index in [9.17, 15) is 4.79 Å². The summed E-state index contributed by atoms with van der Waals surface area (Å²) in [6.07, 6.45) is 0.365. The van der Waals surface area contributed by atoms with E-state index in [1.165, 1.54) is 5.56 Å². The number of Topliss-reactive ketones (excluding diaryl/α,β-unsaturated/α-hetero) is 1. The third-order valence-corrected chi connectivity index (χ3v) is 3.73. The van der Waals surface area contributed by atoms with Crippen LogP contribution in [0.5, 0.6) is 0 Å². The predicted molar refractivity (Wildman–Crippen MR) is 84.6 cm³/mol. The van der Waals surface area contributed by atoms with Gasteiger partial charge in [0.1, 0.15) is 0 Å². The lowest BCUT2D eigenvalue weighted by molar-refractivity contribution is 0.0993. The number of hydrogen-bond donors (Lipinski definition) is 1. The second-order valence-electron chi connectivity index (χ2n) is 5.21. The molecule has 2 nitrogen and oxygen atoms in total. The van der Waals surface area contributed by atoms with E-state index in [0.717, 1.165) is 16.7 Å². The number of carbonyl (C=O) groups excluding carboxylic acids is 1. The van der Waals surface area contributed by atoms with Crippen LogP contribution in [-0.4, -0.2) is 5.78 Å². The normalized spacial score (nSPS) is 10.6. The number of carbonyl (C=O) groups is 1. The van der Waals surface area contributed by atoms with E-state index in [1.807, 2.05) is 13.8 Å². The van der Waals surface area contributed by atoms with Gasteiger partial charge in [0.05, 0.1) is 0 Å². The lowest BCUT2D eigenvalue weighted by Crippen LogP contribution is -2.09. The van der Waals surface area contributed by atoms with Crippen LogP contribution in [-0.2, 0) is 6.42 Å². The molecule has 0 unspecified atom stereocenters. The van der Waals surface area contributed by atoms with Crippen molar-refractivity contribution >= 4 is 23.1 Å². The first-order chi connectivity index (χ1) is 9.38. The third kappa shape index (κ3) is 3.02. The van der Waals surface area contributed by atoms with Crippen molar-refractivity contribution in [1.29, 1.82) is 0 Å². The Kier molecular flexibility index (Phi) is 4.15. The molecule has 3 heteroatoms. The zero-order valence-electron chi connectivity index (χ0n) is 12.0. The molecule has 0 amide bonds. The topological polar surface area (TPSA) is 43.1 Å². The standard InChI is InChI=1S/C17H18ClNO/c1-10-6-11(2)15(12(3)7-10)9-17(20)14-5-4-13(18)8-16(14)19/h4-8H,9,19H2,1-3H3. The van der Waals surface area contributed by atoms with Gasteiger partial charge in [-0.1, -0.05) is 29.3 Å². The van der Waals surface area contributed by atoms with Gasteiger partial charge in [-0.05, 0) is 55.7 Å². The Bertz CT molecular complexity index is 654. The van der Waals surface area contributed by atoms with E-state index in [-0.39, 0.29) is 5.78 Å². The number of nitrogen functional groups attached to an aromatic ring is 1. The molecule has 0 aliphatic rings. The summed E-state index contributed by atoms with van der Waals surface area (Å²) in [4.78, 5) is 12.4. The molecular weight excluding hydrogens is 270 g/mol. The van der Waals surface area contributed by atoms with Crippen molar-refractivity contribution in [3.05, 3.63) is 63.2 Å². The van der Waals surface area contributed by atoms with Crippen LogP contribution in [0.25, 0.3) is 0 Å². The summed E-state index contributed by atoms with van der Waals surface area (Å²) in [7, 11) is 0. The molecule has 2 N–H and O–H groups in total. The van der Waals surface area contributed by atoms with Gasteiger partial charge in [-0.3, -0.25) is 4.79 Å². The maximum Gasteiger partial charge on any atom is 0.169 e. The maximum atomic E-state index is 12.4. The average Bonchev–Trinajstić information content (AvgIpc) is 2.33. The van der Waals surface area contributed by atoms with Crippen molar-refractivity contribution in [3.63, 3.8) is 0 Å². The number of nitrogens with two attached hydrogens (primary N) is 1. The molecule has 0 fully saturated rings. The number of aryl methyl sites for hydroxylation is 3. The van der Waals surface area contributed by atoms with Gasteiger partial charge in [0, 0.05) is 22.7 Å². The summed E-state index contributed by atoms with van der Waals surface area (Å²) >= 11 is 5.86. The minimum atomic E-state index is 0.0224. The zero-order chi connectivity index (χ0) is 14.9. The number of hydrogen-bond acceptors (Lipinski definition) is 2. The number of anilines is 1. The summed E-state index contributed by atoms with van der Waals surface area (Å²) in [6.45, 7) is 6.13. The van der Waals surface area contributed by atoms with Crippen molar-refractivity contribution in [2.24, 2.45) is 0 Å². The molecule has 104 valence electrons. The zero-order valence-corrected chi connectivity index (χ0v) is 12.7. The van der Waals surface area contributed by atoms with Gasteiger partial charge in [-0.15, -0.1) is 0 Å². The van der Waals surface area contributed by atoms with Crippen molar-refractivity contribution in [3.8, 4) is 0 Å². The Morgan fingerprint density at radius 2 is 1.70 bits per heavy atom. The highest BCUT2D eigenvalue weighted by atomic mass is 35.5. The molecule has 0 aliphatic carbocycles. The fraction of sp³-hybridized carbons (Fsp3) is 0.235. The molecular formula is C17H18ClNO. The van der Waals surface area contributed by atoms with Gasteiger partial charge in [0.25, 0.3) is 0 Å². The van der Waals surface area contributed by atoms with Crippen molar-refractivity contribution < 1.29 is 4.79 Å². The highest BCUT2D eigenvalue weighted by Crippen LogP contribution is 2.22. The van der Waals surface area contributed by atoms with Crippen molar-refractivity contribution in [2.45, 2.75) is 27.2 Å². The summed E-state index contributed by atoms with van der Waals surface area (Å²) in [5.41, 5.74) is 11.4. The first-order valence-corrected chi connectivity index (χ1v) is 6.91. The maximum absolute atomic E-state index is 12.4. The summed E-state index contributed by atoms with van der Waals surface area (Å²) in [5.74, 6) is 0.0224. The number of ketones is 1. The van der Waals surface area contributed by atoms with Gasteiger partial charge in [-0.25, -0.2) is 0 Å². The predicted octanol–water partition coefficient (Wildman–Crippen LogP) is 4.27. The second-order valence-corrected chi connectivity index (χ2v) is 5.65. The Morgan fingerprint density at radius 3 is 2.25 bits per heavy atom. The molecule has 20 heavy (non-hydrogen) atoms. The minimum absolute atomic E-state index is 0.0224. The lowest BCUT2D eigenvalue weighted by atomic mass is 9.93. The fourth-order valence-corrected chi connectivity index (χ4v) is 2.71. The number of rotatable bonds is 3. The van der Waals surface area contributed by atoms with Crippen LogP contribution in [0.3, 0.4) is 0 Å². The van der Waals surface area contributed by atoms with Gasteiger partial charge >= 0.3 is 0 Å². The summed E-state index contributed by atoms with van der Waals surface area (Å²) in [5, 5.41) is 0.543. The van der Waals surface area contributed by atoms with E-state index in [4.69, 9.17) is 17.3 Å². The number of benzene rings is 2. The molecule has 0 radical (unpaired) electrons. The summed E-state index contributed by atoms with van der Waals surface area (Å²) in [6, 6.07) is 9.20. The van der Waals surface area contributed by atoms with Crippen LogP contribution in [0.4, 0.5) is 5.69 Å². The molecule has 0 heterocycles. The van der Waals surface area contributed by atoms with E-state index < -0.39 is 0 Å². The molecule has 0 atom stereocenters. The highest BCUT2D eigenvalue weighted by Gasteiger charge is 2.14. The minimum Gasteiger partial charge on any atom is -0.398 e. The third-order valence-electron chi connectivity index (χ3n) is 3.49. The van der Waals surface area contributed by atoms with E-state index in [1.54, 1.807) is 18.2 Å². The highest BCUT2D eigenvalue weighted by molar-refractivity contribution is 6.31. The second kappa shape index (κ2) is 5.68. The average molecular weight is 288 g/mol. The molecule has 0 spiro atoms. The van der Waals surface area contributed by atoms with Gasteiger partial charge in [0.15, 0.2) is 5.78 Å². The van der Waals surface area contributed by atoms with Crippen molar-refractivity contribution in [2.75, 3.05) is 5.73 Å². The van der Waals surface area contributed by atoms with E-state index >= 15 is 0 Å². The molecule has 0 saturated carbocycles. The van der Waals surface area contributed by atoms with Crippen LogP contribution in [0.1, 0.15) is 32.6 Å². The SMILES string of the molecule is Cc1cc(C)c(CC(=O)c2ccc(Cl)cc2N)c(C)c1. The van der Waals surface area contributed by atoms with Gasteiger partial charge in [-0.2, -0.15) is 0 Å². The van der Waals surface area contributed by atoms with Crippen LogP contribution >= 0.6 is 11.6 Å². The van der Waals surface area contributed by atoms with Crippen LogP contribution < -0.4 is 5.73 Å². The van der Waals surface area contributed by atoms with Crippen LogP contribution in [0.15, 0.2) is 30.3 Å². The Labute approximate surface area is 124 Å². The fourth-order valence-electron chi connectivity index (χ4n) is 2.53. The lowest BCUT2D eigenvalue weighted by Gasteiger charge is -2.12. The molecule has 0 aliphatic heterocycles. The molecule has 2 rings (SSSR count). The first kappa shape index (κ1) is 14.6. The van der Waals surface area contributed by atoms with E-state index in [2.05, 4.69) is 19.1 Å². The van der Waals surface area contributed by atoms with Gasteiger partial charge < -0.3 is 5.73 Å². The summed E-state index contributed by atoms with van der Waals surface area (Å²) < 4.78 is 0. The van der Waals surface area contributed by atoms with Gasteiger partial charge in [0.2, 0.25) is 0 Å². The van der Waals surface area contributed by atoms with E-state index in [0.29, 0.717) is 22.7 Å². The smallest absolute Gasteiger partial charge is 0.169 e.